The zero-order chi connectivity index (χ0) is 27.2. The van der Waals surface area contributed by atoms with Crippen LogP contribution in [0.2, 0.25) is 0 Å². The molecule has 0 radical (unpaired) electrons. The number of benzene rings is 3. The first-order chi connectivity index (χ1) is 19.0. The highest BCUT2D eigenvalue weighted by Gasteiger charge is 2.14. The van der Waals surface area contributed by atoms with Gasteiger partial charge in [-0.25, -0.2) is 10.4 Å². The SMILES string of the molecule is CCc1ccc(-c2cc(C(=O)NN=C(C)c3ccc(NC(=O)c4ccncc4)cc3)c3ccccc3n2)cc1. The molecule has 0 fully saturated rings. The number of amides is 2. The molecule has 0 aliphatic rings. The Morgan fingerprint density at radius 3 is 2.26 bits per heavy atom. The standard InChI is InChI=1S/C32H27N5O2/c1-3-22-8-10-24(11-9-22)30-20-28(27-6-4-5-7-29(27)35-30)32(39)37-36-21(2)23-12-14-26(15-13-23)34-31(38)25-16-18-33-19-17-25/h4-20H,3H2,1-2H3,(H,34,38)(H,37,39). The molecular weight excluding hydrogens is 486 g/mol. The van der Waals surface area contributed by atoms with E-state index < -0.39 is 0 Å². The summed E-state index contributed by atoms with van der Waals surface area (Å²) in [5.41, 5.74) is 9.48. The van der Waals surface area contributed by atoms with E-state index in [-0.39, 0.29) is 11.8 Å². The minimum absolute atomic E-state index is 0.215. The molecule has 192 valence electrons. The Labute approximate surface area is 226 Å². The first kappa shape index (κ1) is 25.5. The van der Waals surface area contributed by atoms with Crippen molar-refractivity contribution in [2.75, 3.05) is 5.32 Å². The number of pyridine rings is 2. The van der Waals surface area contributed by atoms with Crippen molar-refractivity contribution in [3.8, 4) is 11.3 Å². The summed E-state index contributed by atoms with van der Waals surface area (Å²) in [5, 5.41) is 7.95. The van der Waals surface area contributed by atoms with E-state index in [2.05, 4.69) is 39.9 Å². The first-order valence-corrected chi connectivity index (χ1v) is 12.7. The van der Waals surface area contributed by atoms with Crippen LogP contribution in [0.15, 0.2) is 108 Å². The highest BCUT2D eigenvalue weighted by Crippen LogP contribution is 2.25. The largest absolute Gasteiger partial charge is 0.322 e. The lowest BCUT2D eigenvalue weighted by Gasteiger charge is -2.10. The van der Waals surface area contributed by atoms with Crippen molar-refractivity contribution >= 4 is 34.1 Å². The second kappa shape index (κ2) is 11.5. The smallest absolute Gasteiger partial charge is 0.272 e. The number of hydrogen-bond acceptors (Lipinski definition) is 5. The molecule has 2 aromatic heterocycles. The molecule has 39 heavy (non-hydrogen) atoms. The van der Waals surface area contributed by atoms with E-state index >= 15 is 0 Å². The second-order valence-corrected chi connectivity index (χ2v) is 9.03. The second-order valence-electron chi connectivity index (χ2n) is 9.03. The number of carbonyl (C=O) groups is 2. The number of rotatable bonds is 7. The topological polar surface area (TPSA) is 96.3 Å². The number of nitrogens with zero attached hydrogens (tertiary/aromatic N) is 3. The maximum atomic E-state index is 13.3. The van der Waals surface area contributed by atoms with Crippen molar-refractivity contribution in [1.82, 2.24) is 15.4 Å². The van der Waals surface area contributed by atoms with Gasteiger partial charge in [-0.1, -0.05) is 61.5 Å². The summed E-state index contributed by atoms with van der Waals surface area (Å²) in [5.74, 6) is -0.534. The Hall–Kier alpha value is -5.17. The molecule has 0 unspecified atom stereocenters. The summed E-state index contributed by atoms with van der Waals surface area (Å²) in [7, 11) is 0. The van der Waals surface area contributed by atoms with E-state index in [9.17, 15) is 9.59 Å². The Morgan fingerprint density at radius 1 is 0.821 bits per heavy atom. The van der Waals surface area contributed by atoms with Crippen LogP contribution in [0.3, 0.4) is 0 Å². The zero-order valence-corrected chi connectivity index (χ0v) is 21.7. The number of fused-ring (bicyclic) bond motifs is 1. The molecule has 5 rings (SSSR count). The van der Waals surface area contributed by atoms with Crippen molar-refractivity contribution in [3.05, 3.63) is 126 Å². The number of hydrogen-bond donors (Lipinski definition) is 2. The van der Waals surface area contributed by atoms with Gasteiger partial charge in [-0.15, -0.1) is 0 Å². The third-order valence-electron chi connectivity index (χ3n) is 6.45. The lowest BCUT2D eigenvalue weighted by molar-refractivity contribution is 0.0955. The van der Waals surface area contributed by atoms with Crippen LogP contribution in [0.1, 0.15) is 45.7 Å². The Morgan fingerprint density at radius 2 is 1.54 bits per heavy atom. The van der Waals surface area contributed by atoms with Gasteiger partial charge in [0.1, 0.15) is 0 Å². The molecule has 5 aromatic rings. The van der Waals surface area contributed by atoms with Gasteiger partial charge in [0.2, 0.25) is 0 Å². The van der Waals surface area contributed by atoms with Gasteiger partial charge >= 0.3 is 0 Å². The molecule has 2 N–H and O–H groups in total. The molecular formula is C32H27N5O2. The van der Waals surface area contributed by atoms with Gasteiger partial charge in [0.25, 0.3) is 11.8 Å². The Balaban J connectivity index is 1.34. The van der Waals surface area contributed by atoms with Crippen molar-refractivity contribution < 1.29 is 9.59 Å². The summed E-state index contributed by atoms with van der Waals surface area (Å²) in [4.78, 5) is 34.4. The average molecular weight is 514 g/mol. The summed E-state index contributed by atoms with van der Waals surface area (Å²) >= 11 is 0. The number of hydrazone groups is 1. The van der Waals surface area contributed by atoms with Gasteiger partial charge in [-0.2, -0.15) is 5.10 Å². The van der Waals surface area contributed by atoms with E-state index in [1.165, 1.54) is 5.56 Å². The monoisotopic (exact) mass is 513 g/mol. The molecule has 3 aromatic carbocycles. The number of nitrogens with one attached hydrogen (secondary N) is 2. The van der Waals surface area contributed by atoms with Crippen LogP contribution >= 0.6 is 0 Å². The molecule has 0 aliphatic heterocycles. The fourth-order valence-corrected chi connectivity index (χ4v) is 4.18. The predicted octanol–water partition coefficient (Wildman–Crippen LogP) is 6.27. The van der Waals surface area contributed by atoms with Crippen LogP contribution in [0.25, 0.3) is 22.2 Å². The van der Waals surface area contributed by atoms with E-state index in [1.807, 2.05) is 61.5 Å². The predicted molar refractivity (Wildman–Crippen MR) is 155 cm³/mol. The van der Waals surface area contributed by atoms with Gasteiger partial charge in [0.15, 0.2) is 0 Å². The number of carbonyl (C=O) groups excluding carboxylic acids is 2. The lowest BCUT2D eigenvalue weighted by atomic mass is 10.0. The number of para-hydroxylation sites is 1. The van der Waals surface area contributed by atoms with Crippen LogP contribution in [-0.2, 0) is 6.42 Å². The summed E-state index contributed by atoms with van der Waals surface area (Å²) in [6.07, 6.45) is 4.11. The van der Waals surface area contributed by atoms with Crippen LogP contribution in [-0.4, -0.2) is 27.5 Å². The highest BCUT2D eigenvalue weighted by molar-refractivity contribution is 6.08. The summed E-state index contributed by atoms with van der Waals surface area (Å²) in [6, 6.07) is 28.2. The molecule has 0 saturated carbocycles. The molecule has 0 aliphatic carbocycles. The van der Waals surface area contributed by atoms with Crippen LogP contribution in [0, 0.1) is 0 Å². The van der Waals surface area contributed by atoms with Crippen LogP contribution < -0.4 is 10.7 Å². The van der Waals surface area contributed by atoms with Gasteiger partial charge in [0.05, 0.1) is 22.5 Å². The number of aromatic nitrogens is 2. The van der Waals surface area contributed by atoms with Crippen molar-refractivity contribution in [1.29, 1.82) is 0 Å². The van der Waals surface area contributed by atoms with Crippen LogP contribution in [0.5, 0.6) is 0 Å². The average Bonchev–Trinajstić information content (AvgIpc) is 3.00. The van der Waals surface area contributed by atoms with Gasteiger partial charge in [0, 0.05) is 34.6 Å². The maximum Gasteiger partial charge on any atom is 0.272 e. The highest BCUT2D eigenvalue weighted by atomic mass is 16.2. The molecule has 7 heteroatoms. The molecule has 2 amide bonds. The maximum absolute atomic E-state index is 13.3. The van der Waals surface area contributed by atoms with Crippen molar-refractivity contribution in [2.45, 2.75) is 20.3 Å². The zero-order valence-electron chi connectivity index (χ0n) is 21.7. The van der Waals surface area contributed by atoms with Crippen molar-refractivity contribution in [3.63, 3.8) is 0 Å². The normalized spacial score (nSPS) is 11.3. The van der Waals surface area contributed by atoms with Gasteiger partial charge in [-0.3, -0.25) is 14.6 Å². The molecule has 2 heterocycles. The first-order valence-electron chi connectivity index (χ1n) is 12.7. The Bertz CT molecular complexity index is 1660. The van der Waals surface area contributed by atoms with Gasteiger partial charge < -0.3 is 5.32 Å². The fourth-order valence-electron chi connectivity index (χ4n) is 4.18. The molecule has 0 spiro atoms. The summed E-state index contributed by atoms with van der Waals surface area (Å²) in [6.45, 7) is 3.93. The van der Waals surface area contributed by atoms with Crippen molar-refractivity contribution in [2.24, 2.45) is 5.10 Å². The fraction of sp³-hybridized carbons (Fsp3) is 0.0938. The van der Waals surface area contributed by atoms with E-state index in [0.717, 1.165) is 34.1 Å². The molecule has 0 atom stereocenters. The lowest BCUT2D eigenvalue weighted by Crippen LogP contribution is -2.20. The molecule has 7 nitrogen and oxygen atoms in total. The van der Waals surface area contributed by atoms with E-state index in [4.69, 9.17) is 4.98 Å². The molecule has 0 saturated heterocycles. The minimum atomic E-state index is -0.319. The third-order valence-corrected chi connectivity index (χ3v) is 6.45. The Kier molecular flexibility index (Phi) is 7.50. The third kappa shape index (κ3) is 5.88. The quantitative estimate of drug-likeness (QED) is 0.198. The number of aryl methyl sites for hydroxylation is 1. The van der Waals surface area contributed by atoms with E-state index in [0.29, 0.717) is 22.5 Å². The minimum Gasteiger partial charge on any atom is -0.322 e. The summed E-state index contributed by atoms with van der Waals surface area (Å²) < 4.78 is 0. The van der Waals surface area contributed by atoms with Gasteiger partial charge in [-0.05, 0) is 60.9 Å². The van der Waals surface area contributed by atoms with E-state index in [1.54, 1.807) is 36.7 Å². The number of anilines is 1. The van der Waals surface area contributed by atoms with Crippen LogP contribution in [0.4, 0.5) is 5.69 Å². The molecule has 0 bridgehead atoms.